The number of nitrogen functional groups attached to an aromatic ring is 1. The maximum absolute atomic E-state index is 14.8. The van der Waals surface area contributed by atoms with Crippen LogP contribution in [-0.4, -0.2) is 64.1 Å². The molecule has 1 fully saturated rings. The van der Waals surface area contributed by atoms with Gasteiger partial charge < -0.3 is 15.2 Å². The van der Waals surface area contributed by atoms with Crippen molar-refractivity contribution in [2.75, 3.05) is 45.2 Å². The van der Waals surface area contributed by atoms with Crippen LogP contribution in [-0.2, 0) is 17.7 Å². The van der Waals surface area contributed by atoms with Gasteiger partial charge in [-0.1, -0.05) is 18.2 Å². The van der Waals surface area contributed by atoms with Crippen molar-refractivity contribution in [1.29, 1.82) is 0 Å². The number of nitrogens with two attached hydrogens (primary N) is 1. The molecule has 3 heterocycles. The Morgan fingerprint density at radius 1 is 1.08 bits per heavy atom. The van der Waals surface area contributed by atoms with E-state index in [1.54, 1.807) is 17.8 Å². The van der Waals surface area contributed by atoms with Gasteiger partial charge in [0, 0.05) is 47.9 Å². The summed E-state index contributed by atoms with van der Waals surface area (Å²) in [5, 5.41) is 5.42. The molecule has 38 heavy (non-hydrogen) atoms. The van der Waals surface area contributed by atoms with Gasteiger partial charge in [-0.25, -0.2) is 18.7 Å². The Kier molecular flexibility index (Phi) is 8.09. The number of hydrogen-bond donors (Lipinski definition) is 1. The lowest BCUT2D eigenvalue weighted by Crippen LogP contribution is -2.36. The van der Waals surface area contributed by atoms with Gasteiger partial charge in [-0.3, -0.25) is 9.58 Å². The number of fused-ring (bicyclic) bond motifs is 1. The zero-order chi connectivity index (χ0) is 26.5. The highest BCUT2D eigenvalue weighted by molar-refractivity contribution is 5.91. The Morgan fingerprint density at radius 2 is 1.84 bits per heavy atom. The molecule has 0 atom stereocenters. The number of hydrogen-bond acceptors (Lipinski definition) is 7. The molecule has 2 N–H and O–H groups in total. The normalized spacial score (nSPS) is 14.3. The summed E-state index contributed by atoms with van der Waals surface area (Å²) in [4.78, 5) is 11.5. The molecule has 0 bridgehead atoms. The first-order valence-electron chi connectivity index (χ1n) is 13.0. The van der Waals surface area contributed by atoms with Gasteiger partial charge in [0.05, 0.1) is 31.9 Å². The predicted octanol–water partition coefficient (Wildman–Crippen LogP) is 4.46. The molecule has 10 heteroatoms. The second-order valence-electron chi connectivity index (χ2n) is 9.34. The zero-order valence-electron chi connectivity index (χ0n) is 21.5. The number of halogens is 2. The van der Waals surface area contributed by atoms with Crippen molar-refractivity contribution in [3.05, 3.63) is 65.4 Å². The van der Waals surface area contributed by atoms with Crippen LogP contribution < -0.4 is 10.5 Å². The van der Waals surface area contributed by atoms with Crippen molar-refractivity contribution in [3.8, 4) is 17.3 Å². The van der Waals surface area contributed by atoms with Crippen molar-refractivity contribution in [1.82, 2.24) is 24.6 Å². The molecule has 1 aliphatic rings. The fraction of sp³-hybridized carbons (Fsp3) is 0.393. The van der Waals surface area contributed by atoms with E-state index < -0.39 is 11.6 Å². The molecule has 0 unspecified atom stereocenters. The van der Waals surface area contributed by atoms with Crippen LogP contribution in [0.25, 0.3) is 22.4 Å². The summed E-state index contributed by atoms with van der Waals surface area (Å²) >= 11 is 0. The number of aromatic nitrogens is 4. The van der Waals surface area contributed by atoms with E-state index in [0.717, 1.165) is 63.1 Å². The minimum atomic E-state index is -0.687. The van der Waals surface area contributed by atoms with E-state index in [1.165, 1.54) is 12.1 Å². The number of rotatable bonds is 10. The van der Waals surface area contributed by atoms with Gasteiger partial charge in [-0.2, -0.15) is 5.10 Å². The van der Waals surface area contributed by atoms with E-state index in [2.05, 4.69) is 20.0 Å². The molecule has 1 aliphatic heterocycles. The van der Waals surface area contributed by atoms with Crippen LogP contribution in [0.4, 0.5) is 14.6 Å². The molecule has 0 saturated carbocycles. The SMILES string of the molecule is CCOc1cc(F)c(Cn2nc(-c3ncc(CCCCN4CCOCC4)c(N)n3)c3ccccc32)c(F)c1. The number of nitrogens with zero attached hydrogens (tertiary/aromatic N) is 5. The van der Waals surface area contributed by atoms with Crippen molar-refractivity contribution in [2.45, 2.75) is 32.7 Å². The Labute approximate surface area is 220 Å². The highest BCUT2D eigenvalue weighted by Gasteiger charge is 2.19. The summed E-state index contributed by atoms with van der Waals surface area (Å²) in [6, 6.07) is 9.85. The monoisotopic (exact) mass is 522 g/mol. The van der Waals surface area contributed by atoms with Crippen molar-refractivity contribution in [3.63, 3.8) is 0 Å². The fourth-order valence-corrected chi connectivity index (χ4v) is 4.75. The lowest BCUT2D eigenvalue weighted by molar-refractivity contribution is 0.0372. The zero-order valence-corrected chi connectivity index (χ0v) is 21.5. The summed E-state index contributed by atoms with van der Waals surface area (Å²) < 4.78 is 41.7. The average molecular weight is 523 g/mol. The Bertz CT molecular complexity index is 1380. The molecular weight excluding hydrogens is 490 g/mol. The van der Waals surface area contributed by atoms with Crippen LogP contribution in [0, 0.1) is 11.6 Å². The largest absolute Gasteiger partial charge is 0.494 e. The van der Waals surface area contributed by atoms with Crippen molar-refractivity contribution >= 4 is 16.7 Å². The predicted molar refractivity (Wildman–Crippen MR) is 142 cm³/mol. The number of aryl methyl sites for hydroxylation is 1. The summed E-state index contributed by atoms with van der Waals surface area (Å²) in [6.45, 7) is 6.60. The van der Waals surface area contributed by atoms with Crippen molar-refractivity contribution < 1.29 is 18.3 Å². The summed E-state index contributed by atoms with van der Waals surface area (Å²) in [7, 11) is 0. The van der Waals surface area contributed by atoms with Gasteiger partial charge in [0.25, 0.3) is 0 Å². The number of benzene rings is 2. The van der Waals surface area contributed by atoms with E-state index in [-0.39, 0.29) is 17.9 Å². The topological polar surface area (TPSA) is 91.3 Å². The standard InChI is InChI=1S/C28H32F2N6O2/c1-2-38-20-15-23(29)22(24(30)16-20)18-36-25-9-4-3-8-21(25)26(34-36)28-32-17-19(27(31)33-28)7-5-6-10-35-11-13-37-14-12-35/h3-4,8-9,15-17H,2,5-7,10-14,18H2,1H3,(H2,31,32,33). The number of para-hydroxylation sites is 1. The minimum Gasteiger partial charge on any atom is -0.494 e. The fourth-order valence-electron chi connectivity index (χ4n) is 4.75. The molecule has 200 valence electrons. The van der Waals surface area contributed by atoms with E-state index in [4.69, 9.17) is 15.2 Å². The highest BCUT2D eigenvalue weighted by atomic mass is 19.1. The molecule has 0 spiro atoms. The van der Waals surface area contributed by atoms with Crippen LogP contribution in [0.3, 0.4) is 0 Å². The highest BCUT2D eigenvalue weighted by Crippen LogP contribution is 2.29. The van der Waals surface area contributed by atoms with Crippen LogP contribution in [0.15, 0.2) is 42.6 Å². The van der Waals surface area contributed by atoms with E-state index in [1.807, 2.05) is 24.3 Å². The number of morpholine rings is 1. The molecule has 0 aliphatic carbocycles. The van der Waals surface area contributed by atoms with E-state index in [0.29, 0.717) is 29.5 Å². The first-order chi connectivity index (χ1) is 18.5. The third-order valence-electron chi connectivity index (χ3n) is 6.78. The van der Waals surface area contributed by atoms with Crippen LogP contribution in [0.1, 0.15) is 30.9 Å². The second-order valence-corrected chi connectivity index (χ2v) is 9.34. The maximum Gasteiger partial charge on any atom is 0.182 e. The molecule has 5 rings (SSSR count). The van der Waals surface area contributed by atoms with Crippen molar-refractivity contribution in [2.24, 2.45) is 0 Å². The first-order valence-corrected chi connectivity index (χ1v) is 13.0. The quantitative estimate of drug-likeness (QED) is 0.308. The summed E-state index contributed by atoms with van der Waals surface area (Å²) in [5.41, 5.74) is 8.34. The number of unbranched alkanes of at least 4 members (excludes halogenated alkanes) is 1. The first kappa shape index (κ1) is 26.0. The van der Waals surface area contributed by atoms with Gasteiger partial charge in [0.1, 0.15) is 28.9 Å². The molecule has 2 aromatic carbocycles. The Hall–Kier alpha value is -3.63. The summed E-state index contributed by atoms with van der Waals surface area (Å²) in [5.74, 6) is -0.422. The van der Waals surface area contributed by atoms with Gasteiger partial charge >= 0.3 is 0 Å². The maximum atomic E-state index is 14.8. The molecule has 1 saturated heterocycles. The van der Waals surface area contributed by atoms with E-state index >= 15 is 0 Å². The lowest BCUT2D eigenvalue weighted by Gasteiger charge is -2.26. The average Bonchev–Trinajstić information content (AvgIpc) is 3.29. The molecule has 4 aromatic rings. The molecule has 0 amide bonds. The number of anilines is 1. The van der Waals surface area contributed by atoms with Crippen LogP contribution in [0.2, 0.25) is 0 Å². The lowest BCUT2D eigenvalue weighted by atomic mass is 10.1. The summed E-state index contributed by atoms with van der Waals surface area (Å²) in [6.07, 6.45) is 4.60. The van der Waals surface area contributed by atoms with Gasteiger partial charge in [0.15, 0.2) is 5.82 Å². The smallest absolute Gasteiger partial charge is 0.182 e. The molecular formula is C28H32F2N6O2. The molecule has 2 aromatic heterocycles. The van der Waals surface area contributed by atoms with Gasteiger partial charge in [-0.15, -0.1) is 0 Å². The third kappa shape index (κ3) is 5.76. The Morgan fingerprint density at radius 3 is 2.58 bits per heavy atom. The minimum absolute atomic E-state index is 0.0959. The van der Waals surface area contributed by atoms with Crippen LogP contribution >= 0.6 is 0 Å². The number of ether oxygens (including phenoxy) is 2. The van der Waals surface area contributed by atoms with Gasteiger partial charge in [0.2, 0.25) is 0 Å². The third-order valence-corrected chi connectivity index (χ3v) is 6.78. The van der Waals surface area contributed by atoms with Crippen LogP contribution in [0.5, 0.6) is 5.75 Å². The molecule has 0 radical (unpaired) electrons. The second kappa shape index (κ2) is 11.8. The Balaban J connectivity index is 1.34. The van der Waals surface area contributed by atoms with E-state index in [9.17, 15) is 8.78 Å². The van der Waals surface area contributed by atoms with Gasteiger partial charge in [-0.05, 0) is 38.8 Å². The molecule has 8 nitrogen and oxygen atoms in total.